The van der Waals surface area contributed by atoms with Gasteiger partial charge in [0.1, 0.15) is 5.75 Å². The van der Waals surface area contributed by atoms with E-state index in [1.165, 1.54) is 11.1 Å². The van der Waals surface area contributed by atoms with E-state index in [9.17, 15) is 18.0 Å². The first kappa shape index (κ1) is 32.7. The molecule has 10 heteroatoms. The van der Waals surface area contributed by atoms with Gasteiger partial charge in [-0.25, -0.2) is 13.2 Å². The number of nitrogens with zero attached hydrogens (tertiary/aromatic N) is 1. The Hall–Kier alpha value is -2.78. The highest BCUT2D eigenvalue weighted by Crippen LogP contribution is 2.33. The molecule has 2 aliphatic heterocycles. The normalized spacial score (nSPS) is 16.4. The van der Waals surface area contributed by atoms with Crippen LogP contribution in [0.15, 0.2) is 54.6 Å². The zero-order chi connectivity index (χ0) is 27.4. The van der Waals surface area contributed by atoms with E-state index in [0.717, 1.165) is 69.7 Å². The summed E-state index contributed by atoms with van der Waals surface area (Å²) >= 11 is 0. The number of hydrogen-bond donors (Lipinski definition) is 2. The van der Waals surface area contributed by atoms with Crippen LogP contribution in [0.2, 0.25) is 0 Å². The number of benzene rings is 3. The minimum Gasteiger partial charge on any atom is -0.454 e. The predicted molar refractivity (Wildman–Crippen MR) is 160 cm³/mol. The van der Waals surface area contributed by atoms with Crippen molar-refractivity contribution in [2.45, 2.75) is 45.1 Å². The Bertz CT molecular complexity index is 1310. The second-order valence-electron chi connectivity index (χ2n) is 10.6. The number of piperidine rings is 2. The number of halogens is 5. The maximum Gasteiger partial charge on any atom is 0.227 e. The zero-order valence-corrected chi connectivity index (χ0v) is 24.6. The number of anilines is 1. The lowest BCUT2D eigenvalue weighted by atomic mass is 9.86. The van der Waals surface area contributed by atoms with Gasteiger partial charge in [-0.2, -0.15) is 0 Å². The molecule has 5 nitrogen and oxygen atoms in total. The van der Waals surface area contributed by atoms with Crippen molar-refractivity contribution in [3.63, 3.8) is 0 Å². The summed E-state index contributed by atoms with van der Waals surface area (Å²) in [5.41, 5.74) is 4.53. The van der Waals surface area contributed by atoms with Crippen molar-refractivity contribution < 1.29 is 22.7 Å². The highest BCUT2D eigenvalue weighted by atomic mass is 35.5. The Morgan fingerprint density at radius 1 is 0.902 bits per heavy atom. The number of carbonyl (C=O) groups is 1. The molecule has 2 aliphatic rings. The minimum absolute atomic E-state index is 0. The van der Waals surface area contributed by atoms with Gasteiger partial charge in [0, 0.05) is 30.3 Å². The highest BCUT2D eigenvalue weighted by molar-refractivity contribution is 5.92. The van der Waals surface area contributed by atoms with E-state index in [-0.39, 0.29) is 42.4 Å². The summed E-state index contributed by atoms with van der Waals surface area (Å²) in [5, 5.41) is 6.45. The number of hydrogen-bond acceptors (Lipinski definition) is 4. The summed E-state index contributed by atoms with van der Waals surface area (Å²) in [6.45, 7) is 6.60. The quantitative estimate of drug-likeness (QED) is 0.275. The number of nitrogens with one attached hydrogen (secondary N) is 2. The number of rotatable bonds is 7. The molecule has 3 aromatic rings. The Kier molecular flexibility index (Phi) is 11.9. The van der Waals surface area contributed by atoms with Crippen molar-refractivity contribution in [3.05, 3.63) is 88.7 Å². The van der Waals surface area contributed by atoms with Crippen molar-refractivity contribution in [3.8, 4) is 11.5 Å². The van der Waals surface area contributed by atoms with Crippen LogP contribution in [-0.2, 0) is 11.3 Å². The second kappa shape index (κ2) is 14.9. The molecule has 0 atom stereocenters. The van der Waals surface area contributed by atoms with Gasteiger partial charge >= 0.3 is 0 Å². The van der Waals surface area contributed by atoms with Crippen molar-refractivity contribution in [1.29, 1.82) is 0 Å². The Morgan fingerprint density at radius 3 is 2.24 bits per heavy atom. The molecule has 0 unspecified atom stereocenters. The van der Waals surface area contributed by atoms with E-state index < -0.39 is 17.5 Å². The monoisotopic (exact) mass is 609 g/mol. The van der Waals surface area contributed by atoms with Gasteiger partial charge in [0.05, 0.1) is 0 Å². The summed E-state index contributed by atoms with van der Waals surface area (Å²) in [7, 11) is 0. The summed E-state index contributed by atoms with van der Waals surface area (Å²) in [4.78, 5) is 15.1. The molecule has 0 radical (unpaired) electrons. The van der Waals surface area contributed by atoms with Crippen LogP contribution < -0.4 is 15.4 Å². The summed E-state index contributed by atoms with van der Waals surface area (Å²) in [6, 6.07) is 14.7. The van der Waals surface area contributed by atoms with Crippen LogP contribution in [0.5, 0.6) is 11.5 Å². The molecular formula is C31H36Cl2F3N3O2. The smallest absolute Gasteiger partial charge is 0.227 e. The van der Waals surface area contributed by atoms with E-state index in [4.69, 9.17) is 4.74 Å². The third kappa shape index (κ3) is 8.38. The average molecular weight is 611 g/mol. The zero-order valence-electron chi connectivity index (χ0n) is 22.9. The van der Waals surface area contributed by atoms with Gasteiger partial charge in [-0.3, -0.25) is 9.69 Å². The van der Waals surface area contributed by atoms with Crippen LogP contribution in [0, 0.1) is 30.3 Å². The molecule has 2 saturated heterocycles. The Labute approximate surface area is 251 Å². The standard InChI is InChI=1S/C31H34F3N3O2.2ClH/c1-20-2-5-24(36-31(38)23-8-12-35-13-9-23)16-26(20)22-10-14-37(15-11-22)19-21-3-6-25(7-4-21)39-30-18-28(33)27(32)17-29(30)34;;/h2-7,16-18,22-23,35H,8-15,19H2,1H3,(H,36,38);2*1H. The topological polar surface area (TPSA) is 53.6 Å². The van der Waals surface area contributed by atoms with E-state index in [0.29, 0.717) is 23.8 Å². The maximum atomic E-state index is 13.9. The van der Waals surface area contributed by atoms with Gasteiger partial charge in [0.15, 0.2) is 23.2 Å². The van der Waals surface area contributed by atoms with Crippen LogP contribution in [0.3, 0.4) is 0 Å². The summed E-state index contributed by atoms with van der Waals surface area (Å²) in [6.07, 6.45) is 3.82. The van der Waals surface area contributed by atoms with E-state index in [1.54, 1.807) is 12.1 Å². The molecule has 0 bridgehead atoms. The average Bonchev–Trinajstić information content (AvgIpc) is 2.95. The summed E-state index contributed by atoms with van der Waals surface area (Å²) in [5.74, 6) is -2.72. The third-order valence-electron chi connectivity index (χ3n) is 7.82. The molecule has 1 amide bonds. The molecule has 2 heterocycles. The van der Waals surface area contributed by atoms with Crippen LogP contribution >= 0.6 is 24.8 Å². The van der Waals surface area contributed by atoms with Crippen LogP contribution in [-0.4, -0.2) is 37.0 Å². The second-order valence-corrected chi connectivity index (χ2v) is 10.6. The van der Waals surface area contributed by atoms with E-state index in [2.05, 4.69) is 34.6 Å². The fourth-order valence-electron chi connectivity index (χ4n) is 5.52. The highest BCUT2D eigenvalue weighted by Gasteiger charge is 2.24. The van der Waals surface area contributed by atoms with Crippen molar-refractivity contribution in [1.82, 2.24) is 10.2 Å². The number of ether oxygens (including phenoxy) is 1. The Balaban J connectivity index is 0.00000231. The Morgan fingerprint density at radius 2 is 1.56 bits per heavy atom. The van der Waals surface area contributed by atoms with Gasteiger partial charge in [0.25, 0.3) is 0 Å². The predicted octanol–water partition coefficient (Wildman–Crippen LogP) is 7.37. The van der Waals surface area contributed by atoms with Crippen molar-refractivity contribution >= 4 is 36.4 Å². The molecule has 3 aromatic carbocycles. The van der Waals surface area contributed by atoms with Crippen LogP contribution in [0.1, 0.15) is 48.3 Å². The molecule has 0 aliphatic carbocycles. The number of carbonyl (C=O) groups excluding carboxylic acids is 1. The van der Waals surface area contributed by atoms with Gasteiger partial charge in [-0.05, 0) is 106 Å². The first-order valence-electron chi connectivity index (χ1n) is 13.6. The fraction of sp³-hybridized carbons (Fsp3) is 0.387. The van der Waals surface area contributed by atoms with Gasteiger partial charge < -0.3 is 15.4 Å². The molecule has 41 heavy (non-hydrogen) atoms. The largest absolute Gasteiger partial charge is 0.454 e. The number of aryl methyl sites for hydroxylation is 1. The first-order chi connectivity index (χ1) is 18.9. The molecule has 2 fully saturated rings. The molecule has 0 aromatic heterocycles. The van der Waals surface area contributed by atoms with Gasteiger partial charge in [-0.1, -0.05) is 18.2 Å². The van der Waals surface area contributed by atoms with Crippen molar-refractivity contribution in [2.24, 2.45) is 5.92 Å². The molecule has 2 N–H and O–H groups in total. The van der Waals surface area contributed by atoms with E-state index in [1.807, 2.05) is 18.2 Å². The maximum absolute atomic E-state index is 13.9. The fourth-order valence-corrected chi connectivity index (χ4v) is 5.52. The lowest BCUT2D eigenvalue weighted by molar-refractivity contribution is -0.120. The molecule has 0 spiro atoms. The molecular weight excluding hydrogens is 574 g/mol. The lowest BCUT2D eigenvalue weighted by Gasteiger charge is -2.33. The molecule has 0 saturated carbocycles. The lowest BCUT2D eigenvalue weighted by Crippen LogP contribution is -2.34. The SMILES string of the molecule is Cc1ccc(NC(=O)C2CCNCC2)cc1C1CCN(Cc2ccc(Oc3cc(F)c(F)cc3F)cc2)CC1.Cl.Cl. The van der Waals surface area contributed by atoms with E-state index >= 15 is 0 Å². The number of likely N-dealkylation sites (tertiary alicyclic amines) is 1. The van der Waals surface area contributed by atoms with Gasteiger partial charge in [-0.15, -0.1) is 24.8 Å². The minimum atomic E-state index is -1.25. The third-order valence-corrected chi connectivity index (χ3v) is 7.82. The number of amides is 1. The van der Waals surface area contributed by atoms with Gasteiger partial charge in [0.2, 0.25) is 5.91 Å². The first-order valence-corrected chi connectivity index (χ1v) is 13.6. The van der Waals surface area contributed by atoms with Crippen LogP contribution in [0.25, 0.3) is 0 Å². The van der Waals surface area contributed by atoms with Crippen molar-refractivity contribution in [2.75, 3.05) is 31.5 Å². The summed E-state index contributed by atoms with van der Waals surface area (Å²) < 4.78 is 45.9. The molecule has 222 valence electrons. The molecule has 5 rings (SSSR count). The van der Waals surface area contributed by atoms with Crippen LogP contribution in [0.4, 0.5) is 18.9 Å².